The zero-order valence-electron chi connectivity index (χ0n) is 16.9. The molecule has 3 rings (SSSR count). The maximum Gasteiger partial charge on any atom is 0.107 e. The van der Waals surface area contributed by atoms with Crippen molar-refractivity contribution in [1.29, 1.82) is 0 Å². The van der Waals surface area contributed by atoms with Crippen molar-refractivity contribution in [2.45, 2.75) is 50.1 Å². The van der Waals surface area contributed by atoms with E-state index >= 15 is 0 Å². The van der Waals surface area contributed by atoms with Crippen LogP contribution in [0, 0.1) is 0 Å². The summed E-state index contributed by atoms with van der Waals surface area (Å²) in [4.78, 5) is 0. The maximum absolute atomic E-state index is 5.98. The monoisotopic (exact) mass is 404 g/mol. The Balaban J connectivity index is 1.42. The Morgan fingerprint density at radius 2 is 0.750 bits per heavy atom. The van der Waals surface area contributed by atoms with Crippen molar-refractivity contribution in [1.82, 2.24) is 0 Å². The van der Waals surface area contributed by atoms with Gasteiger partial charge in [0.2, 0.25) is 0 Å². The highest BCUT2D eigenvalue weighted by Gasteiger charge is 2.28. The van der Waals surface area contributed by atoms with Crippen molar-refractivity contribution in [3.63, 3.8) is 0 Å². The first-order valence-electron chi connectivity index (χ1n) is 10.7. The Kier molecular flexibility index (Phi) is 11.0. The van der Waals surface area contributed by atoms with Gasteiger partial charge < -0.3 is 37.9 Å². The van der Waals surface area contributed by atoms with Crippen LogP contribution in [-0.2, 0) is 37.9 Å². The van der Waals surface area contributed by atoms with Gasteiger partial charge in [0.15, 0.2) is 0 Å². The molecule has 0 aromatic carbocycles. The summed E-state index contributed by atoms with van der Waals surface area (Å²) in [6.45, 7) is 6.95. The van der Waals surface area contributed by atoms with Crippen LogP contribution in [0.4, 0.5) is 0 Å². The van der Waals surface area contributed by atoms with Crippen molar-refractivity contribution in [2.24, 2.45) is 0 Å². The summed E-state index contributed by atoms with van der Waals surface area (Å²) in [5, 5.41) is 0. The molecule has 0 saturated carbocycles. The first kappa shape index (κ1) is 22.4. The Hall–Kier alpha value is -0.320. The molecule has 3 aliphatic heterocycles. The summed E-state index contributed by atoms with van der Waals surface area (Å²) >= 11 is 0. The highest BCUT2D eigenvalue weighted by Crippen LogP contribution is 2.19. The number of fused-ring (bicyclic) bond motifs is 2. The Morgan fingerprint density at radius 3 is 1.25 bits per heavy atom. The maximum atomic E-state index is 5.98. The van der Waals surface area contributed by atoms with Crippen LogP contribution in [0.5, 0.6) is 0 Å². The average Bonchev–Trinajstić information content (AvgIpc) is 2.73. The van der Waals surface area contributed by atoms with Crippen LogP contribution in [0.15, 0.2) is 0 Å². The molecule has 0 aromatic heterocycles. The van der Waals surface area contributed by atoms with E-state index in [1.54, 1.807) is 0 Å². The van der Waals surface area contributed by atoms with Crippen LogP contribution in [0.1, 0.15) is 25.7 Å². The van der Waals surface area contributed by atoms with E-state index < -0.39 is 0 Å². The number of hydrogen-bond donors (Lipinski definition) is 0. The predicted octanol–water partition coefficient (Wildman–Crippen LogP) is 1.19. The fraction of sp³-hybridized carbons (Fsp3) is 1.00. The van der Waals surface area contributed by atoms with Gasteiger partial charge in [-0.05, 0) is 25.7 Å². The molecule has 0 bridgehead atoms. The van der Waals surface area contributed by atoms with Gasteiger partial charge in [0.05, 0.1) is 78.3 Å². The van der Waals surface area contributed by atoms with E-state index in [4.69, 9.17) is 37.9 Å². The quantitative estimate of drug-likeness (QED) is 0.596. The summed E-state index contributed by atoms with van der Waals surface area (Å²) in [5.74, 6) is 0. The second kappa shape index (κ2) is 13.8. The van der Waals surface area contributed by atoms with Gasteiger partial charge in [0, 0.05) is 13.2 Å². The van der Waals surface area contributed by atoms with Gasteiger partial charge >= 0.3 is 0 Å². The third-order valence-electron chi connectivity index (χ3n) is 5.19. The lowest BCUT2D eigenvalue weighted by Gasteiger charge is -2.32. The highest BCUT2D eigenvalue weighted by molar-refractivity contribution is 4.76. The smallest absolute Gasteiger partial charge is 0.107 e. The van der Waals surface area contributed by atoms with Crippen molar-refractivity contribution < 1.29 is 37.9 Å². The molecule has 3 saturated heterocycles. The molecule has 0 unspecified atom stereocenters. The van der Waals surface area contributed by atoms with E-state index in [0.29, 0.717) is 66.1 Å². The second-order valence-corrected chi connectivity index (χ2v) is 7.30. The minimum absolute atomic E-state index is 0.0192. The van der Waals surface area contributed by atoms with Gasteiger partial charge in [-0.2, -0.15) is 0 Å². The topological polar surface area (TPSA) is 73.8 Å². The molecule has 3 aliphatic rings. The molecule has 28 heavy (non-hydrogen) atoms. The molecule has 8 heteroatoms. The van der Waals surface area contributed by atoms with Crippen molar-refractivity contribution in [2.75, 3.05) is 79.3 Å². The molecule has 0 N–H and O–H groups in total. The fourth-order valence-corrected chi connectivity index (χ4v) is 3.67. The van der Waals surface area contributed by atoms with Crippen LogP contribution in [-0.4, -0.2) is 104 Å². The van der Waals surface area contributed by atoms with Crippen LogP contribution in [0.3, 0.4) is 0 Å². The van der Waals surface area contributed by atoms with Crippen molar-refractivity contribution in [3.8, 4) is 0 Å². The zero-order chi connectivity index (χ0) is 19.3. The minimum atomic E-state index is -0.0192. The van der Waals surface area contributed by atoms with Gasteiger partial charge in [0.1, 0.15) is 12.2 Å². The molecule has 0 radical (unpaired) electrons. The Bertz CT molecular complexity index is 362. The summed E-state index contributed by atoms with van der Waals surface area (Å²) in [7, 11) is 0. The Labute approximate surface area is 168 Å². The first-order chi connectivity index (χ1) is 13.9. The normalized spacial score (nSPS) is 36.0. The third-order valence-corrected chi connectivity index (χ3v) is 5.19. The van der Waals surface area contributed by atoms with E-state index in [9.17, 15) is 0 Å². The third kappa shape index (κ3) is 8.20. The average molecular weight is 405 g/mol. The minimum Gasteiger partial charge on any atom is -0.377 e. The SMILES string of the molecule is C1CO[C@@H]2COCCOCCOC[C@H]3OCCC[C@@H]3OCCOCCO[C@H]2C1. The first-order valence-corrected chi connectivity index (χ1v) is 10.7. The van der Waals surface area contributed by atoms with Crippen LogP contribution in [0.25, 0.3) is 0 Å². The van der Waals surface area contributed by atoms with Gasteiger partial charge in [-0.25, -0.2) is 0 Å². The molecule has 164 valence electrons. The molecule has 8 nitrogen and oxygen atoms in total. The van der Waals surface area contributed by atoms with Gasteiger partial charge in [0.25, 0.3) is 0 Å². The lowest BCUT2D eigenvalue weighted by molar-refractivity contribution is -0.149. The van der Waals surface area contributed by atoms with E-state index in [2.05, 4.69) is 0 Å². The molecule has 0 aliphatic carbocycles. The highest BCUT2D eigenvalue weighted by atomic mass is 16.6. The molecule has 4 atom stereocenters. The summed E-state index contributed by atoms with van der Waals surface area (Å²) < 4.78 is 46.3. The van der Waals surface area contributed by atoms with E-state index in [1.807, 2.05) is 0 Å². The number of rotatable bonds is 0. The molecule has 3 fully saturated rings. The standard InChI is InChI=1S/C20H36O8/c1-3-17-19(25-5-1)15-23-9-7-21-8-10-24-16-20-18(4-2-6-26-20)28-14-12-22-11-13-27-17/h17-20H,1-16H2/t17-,18-,19+,20+/m0/s1. The van der Waals surface area contributed by atoms with E-state index in [1.165, 1.54) is 0 Å². The summed E-state index contributed by atoms with van der Waals surface area (Å²) in [5.41, 5.74) is 0. The molecule has 0 amide bonds. The van der Waals surface area contributed by atoms with Gasteiger partial charge in [-0.3, -0.25) is 0 Å². The zero-order valence-corrected chi connectivity index (χ0v) is 16.9. The molecule has 0 spiro atoms. The van der Waals surface area contributed by atoms with E-state index in [0.717, 1.165) is 38.9 Å². The summed E-state index contributed by atoms with van der Waals surface area (Å²) in [6, 6.07) is 0. The number of ether oxygens (including phenoxy) is 8. The molecule has 0 aromatic rings. The van der Waals surface area contributed by atoms with Gasteiger partial charge in [-0.15, -0.1) is 0 Å². The number of hydrogen-bond acceptors (Lipinski definition) is 8. The van der Waals surface area contributed by atoms with E-state index in [-0.39, 0.29) is 24.4 Å². The lowest BCUT2D eigenvalue weighted by atomic mass is 10.1. The molecule has 3 heterocycles. The van der Waals surface area contributed by atoms with Crippen molar-refractivity contribution in [3.05, 3.63) is 0 Å². The summed E-state index contributed by atoms with van der Waals surface area (Å²) in [6.07, 6.45) is 4.11. The predicted molar refractivity (Wildman–Crippen MR) is 101 cm³/mol. The van der Waals surface area contributed by atoms with Crippen LogP contribution in [0.2, 0.25) is 0 Å². The van der Waals surface area contributed by atoms with Crippen molar-refractivity contribution >= 4 is 0 Å². The van der Waals surface area contributed by atoms with Crippen LogP contribution < -0.4 is 0 Å². The van der Waals surface area contributed by atoms with Crippen LogP contribution >= 0.6 is 0 Å². The molecular formula is C20H36O8. The fourth-order valence-electron chi connectivity index (χ4n) is 3.67. The second-order valence-electron chi connectivity index (χ2n) is 7.30. The van der Waals surface area contributed by atoms with Gasteiger partial charge in [-0.1, -0.05) is 0 Å². The lowest BCUT2D eigenvalue weighted by Crippen LogP contribution is -2.41. The molecular weight excluding hydrogens is 368 g/mol. The largest absolute Gasteiger partial charge is 0.377 e. The Morgan fingerprint density at radius 1 is 0.357 bits per heavy atom.